The van der Waals surface area contributed by atoms with E-state index in [-0.39, 0.29) is 12.0 Å². The first-order valence-electron chi connectivity index (χ1n) is 5.42. The molecule has 1 N–H and O–H groups in total. The molecule has 0 aromatic heterocycles. The van der Waals surface area contributed by atoms with Gasteiger partial charge in [0.05, 0.1) is 6.54 Å². The van der Waals surface area contributed by atoms with Crippen LogP contribution in [-0.4, -0.2) is 10.1 Å². The van der Waals surface area contributed by atoms with Gasteiger partial charge in [-0.25, -0.2) is 0 Å². The summed E-state index contributed by atoms with van der Waals surface area (Å²) in [5.74, 6) is 0. The minimum absolute atomic E-state index is 0.000742. The maximum atomic E-state index is 12.0. The molecule has 0 radical (unpaired) electrons. The Morgan fingerprint density at radius 3 is 2.00 bits per heavy atom. The van der Waals surface area contributed by atoms with Crippen molar-refractivity contribution < 1.29 is 17.7 Å². The number of benzene rings is 1. The van der Waals surface area contributed by atoms with Gasteiger partial charge in [0.25, 0.3) is 0 Å². The van der Waals surface area contributed by atoms with E-state index in [1.807, 2.05) is 16.9 Å². The van der Waals surface area contributed by atoms with Gasteiger partial charge in [0, 0.05) is 0 Å². The van der Waals surface area contributed by atoms with Crippen molar-refractivity contribution in [2.75, 3.05) is 0 Å². The van der Waals surface area contributed by atoms with Gasteiger partial charge in [-0.3, -0.25) is 0 Å². The smallest absolute Gasteiger partial charge is 0.591 e. The molecule has 18 heavy (non-hydrogen) atoms. The highest BCUT2D eigenvalue weighted by Gasteiger charge is 2.45. The summed E-state index contributed by atoms with van der Waals surface area (Å²) in [6, 6.07) is 7.21. The highest BCUT2D eigenvalue weighted by Crippen LogP contribution is 2.23. The lowest BCUT2D eigenvalue weighted by atomic mass is 9.87. The van der Waals surface area contributed by atoms with Crippen molar-refractivity contribution in [1.29, 1.82) is 0 Å². The maximum absolute atomic E-state index is 12.0. The number of hydrogen-bond acceptors (Lipinski definition) is 2. The Kier molecular flexibility index (Phi) is 4.69. The lowest BCUT2D eigenvalue weighted by molar-refractivity contribution is -0.0447. The SMILES string of the molecule is CC(C)(C)c1ccc(CN[S+]([O-])C(F)(F)F)cc1. The van der Waals surface area contributed by atoms with E-state index in [1.165, 1.54) is 0 Å². The van der Waals surface area contributed by atoms with E-state index in [2.05, 4.69) is 20.8 Å². The number of nitrogens with one attached hydrogen (secondary N) is 1. The summed E-state index contributed by atoms with van der Waals surface area (Å²) < 4.78 is 48.7. The second kappa shape index (κ2) is 5.50. The topological polar surface area (TPSA) is 35.1 Å². The van der Waals surface area contributed by atoms with Crippen LogP contribution < -0.4 is 4.72 Å². The summed E-state index contributed by atoms with van der Waals surface area (Å²) in [4.78, 5) is 0. The fourth-order valence-corrected chi connectivity index (χ4v) is 1.81. The third kappa shape index (κ3) is 4.51. The van der Waals surface area contributed by atoms with Crippen LogP contribution in [0.3, 0.4) is 0 Å². The molecule has 0 bridgehead atoms. The summed E-state index contributed by atoms with van der Waals surface area (Å²) in [7, 11) is 0. The van der Waals surface area contributed by atoms with Gasteiger partial charge in [0.1, 0.15) is 0 Å². The molecule has 0 spiro atoms. The predicted octanol–water partition coefficient (Wildman–Crippen LogP) is 3.26. The average molecular weight is 279 g/mol. The van der Waals surface area contributed by atoms with Crippen molar-refractivity contribution in [3.8, 4) is 0 Å². The van der Waals surface area contributed by atoms with Gasteiger partial charge >= 0.3 is 5.51 Å². The van der Waals surface area contributed by atoms with Crippen LogP contribution in [0, 0.1) is 0 Å². The molecular weight excluding hydrogens is 263 g/mol. The quantitative estimate of drug-likeness (QED) is 0.862. The Morgan fingerprint density at radius 2 is 1.61 bits per heavy atom. The monoisotopic (exact) mass is 279 g/mol. The standard InChI is InChI=1S/C12H16F3NOS/c1-11(2,3)10-6-4-9(5-7-10)8-16-18(17)12(13,14)15/h4-7,16H,8H2,1-3H3. The van der Waals surface area contributed by atoms with E-state index in [0.717, 1.165) is 5.56 Å². The fraction of sp³-hybridized carbons (Fsp3) is 0.500. The zero-order chi connectivity index (χ0) is 14.0. The highest BCUT2D eigenvalue weighted by molar-refractivity contribution is 7.90. The second-order valence-corrected chi connectivity index (χ2v) is 6.27. The number of alkyl halides is 3. The lowest BCUT2D eigenvalue weighted by Gasteiger charge is -2.19. The molecule has 2 nitrogen and oxygen atoms in total. The van der Waals surface area contributed by atoms with Crippen LogP contribution in [-0.2, 0) is 23.3 Å². The van der Waals surface area contributed by atoms with Gasteiger partial charge in [0.15, 0.2) is 11.4 Å². The van der Waals surface area contributed by atoms with E-state index in [0.29, 0.717) is 5.56 Å². The lowest BCUT2D eigenvalue weighted by Crippen LogP contribution is -2.36. The van der Waals surface area contributed by atoms with Crippen molar-refractivity contribution in [2.45, 2.75) is 38.2 Å². The number of halogens is 3. The van der Waals surface area contributed by atoms with Crippen LogP contribution >= 0.6 is 0 Å². The summed E-state index contributed by atoms with van der Waals surface area (Å²) in [5, 5.41) is 0. The van der Waals surface area contributed by atoms with Crippen molar-refractivity contribution in [2.24, 2.45) is 0 Å². The summed E-state index contributed by atoms with van der Waals surface area (Å²) in [6.45, 7) is 6.09. The summed E-state index contributed by atoms with van der Waals surface area (Å²) in [5.41, 5.74) is -2.95. The molecule has 0 aliphatic rings. The van der Waals surface area contributed by atoms with E-state index < -0.39 is 16.9 Å². The molecule has 0 fully saturated rings. The molecule has 0 heterocycles. The van der Waals surface area contributed by atoms with Gasteiger partial charge in [0.2, 0.25) is 0 Å². The Bertz CT molecular complexity index is 384. The van der Waals surface area contributed by atoms with Gasteiger partial charge in [-0.15, -0.1) is 17.9 Å². The van der Waals surface area contributed by atoms with Crippen molar-refractivity contribution in [1.82, 2.24) is 4.72 Å². The minimum atomic E-state index is -4.72. The van der Waals surface area contributed by atoms with Crippen LogP contribution in [0.25, 0.3) is 0 Å². The van der Waals surface area contributed by atoms with E-state index in [4.69, 9.17) is 0 Å². The number of hydrogen-bond donors (Lipinski definition) is 1. The fourth-order valence-electron chi connectivity index (χ4n) is 1.35. The molecule has 0 aliphatic carbocycles. The van der Waals surface area contributed by atoms with Crippen molar-refractivity contribution >= 4 is 11.4 Å². The normalized spacial score (nSPS) is 14.6. The predicted molar refractivity (Wildman–Crippen MR) is 66.2 cm³/mol. The van der Waals surface area contributed by atoms with Crippen LogP contribution in [0.2, 0.25) is 0 Å². The van der Waals surface area contributed by atoms with Crippen LogP contribution in [0.1, 0.15) is 31.9 Å². The van der Waals surface area contributed by atoms with Gasteiger partial charge < -0.3 is 4.55 Å². The first kappa shape index (κ1) is 15.3. The van der Waals surface area contributed by atoms with Crippen LogP contribution in [0.15, 0.2) is 24.3 Å². The molecule has 1 atom stereocenters. The van der Waals surface area contributed by atoms with Crippen LogP contribution in [0.5, 0.6) is 0 Å². The zero-order valence-electron chi connectivity index (χ0n) is 10.5. The van der Waals surface area contributed by atoms with Gasteiger partial charge in [-0.05, 0) is 16.5 Å². The Morgan fingerprint density at radius 1 is 1.11 bits per heavy atom. The maximum Gasteiger partial charge on any atom is 0.592 e. The molecule has 1 rings (SSSR count). The Balaban J connectivity index is 2.60. The van der Waals surface area contributed by atoms with Gasteiger partial charge in [-0.1, -0.05) is 45.0 Å². The molecule has 6 heteroatoms. The van der Waals surface area contributed by atoms with E-state index >= 15 is 0 Å². The molecule has 0 amide bonds. The zero-order valence-corrected chi connectivity index (χ0v) is 11.3. The Hall–Kier alpha value is -0.720. The molecule has 1 unspecified atom stereocenters. The molecule has 0 saturated heterocycles. The third-order valence-electron chi connectivity index (χ3n) is 2.44. The molecule has 1 aromatic carbocycles. The first-order valence-corrected chi connectivity index (χ1v) is 6.57. The van der Waals surface area contributed by atoms with Crippen LogP contribution in [0.4, 0.5) is 13.2 Å². The van der Waals surface area contributed by atoms with Crippen molar-refractivity contribution in [3.63, 3.8) is 0 Å². The highest BCUT2D eigenvalue weighted by atomic mass is 32.2. The molecule has 1 aromatic rings. The van der Waals surface area contributed by atoms with Crippen molar-refractivity contribution in [3.05, 3.63) is 35.4 Å². The van der Waals surface area contributed by atoms with Gasteiger partial charge in [-0.2, -0.15) is 0 Å². The minimum Gasteiger partial charge on any atom is -0.591 e. The molecule has 0 saturated carbocycles. The molecular formula is C12H16F3NOS. The Labute approximate surface area is 108 Å². The van der Waals surface area contributed by atoms with E-state index in [1.54, 1.807) is 12.1 Å². The molecule has 0 aliphatic heterocycles. The second-order valence-electron chi connectivity index (χ2n) is 4.98. The average Bonchev–Trinajstić information content (AvgIpc) is 2.24. The molecule has 102 valence electrons. The summed E-state index contributed by atoms with van der Waals surface area (Å²) >= 11 is -3.01. The third-order valence-corrected chi connectivity index (χ3v) is 3.26. The first-order chi connectivity index (χ1) is 8.10. The number of rotatable bonds is 3. The largest absolute Gasteiger partial charge is 0.592 e. The van der Waals surface area contributed by atoms with E-state index in [9.17, 15) is 17.7 Å². The summed E-state index contributed by atoms with van der Waals surface area (Å²) in [6.07, 6.45) is 0.